The molecule has 70 valence electrons. The van der Waals surface area contributed by atoms with Crippen molar-refractivity contribution in [3.63, 3.8) is 0 Å². The average molecular weight is 190 g/mol. The average Bonchev–Trinajstić information content (AvgIpc) is 2.03. The Bertz CT molecular complexity index is 168. The maximum Gasteiger partial charge on any atom is 0.306 e. The van der Waals surface area contributed by atoms with Crippen molar-refractivity contribution in [2.75, 3.05) is 5.94 Å². The number of esters is 1. The summed E-state index contributed by atoms with van der Waals surface area (Å²) in [5, 5.41) is -0.0883. The number of ether oxygens (including phenoxy) is 1. The van der Waals surface area contributed by atoms with Crippen molar-refractivity contribution in [2.24, 2.45) is 0 Å². The van der Waals surface area contributed by atoms with Gasteiger partial charge in [-0.05, 0) is 13.8 Å². The second-order valence-corrected chi connectivity index (χ2v) is 3.68. The van der Waals surface area contributed by atoms with Gasteiger partial charge in [0.1, 0.15) is 11.7 Å². The van der Waals surface area contributed by atoms with Gasteiger partial charge in [-0.25, -0.2) is 0 Å². The number of ketones is 1. The van der Waals surface area contributed by atoms with Crippen LogP contribution in [0.3, 0.4) is 0 Å². The van der Waals surface area contributed by atoms with Gasteiger partial charge in [-0.3, -0.25) is 9.59 Å². The Kier molecular flexibility index (Phi) is 5.80. The zero-order valence-corrected chi connectivity index (χ0v) is 8.44. The van der Waals surface area contributed by atoms with Gasteiger partial charge >= 0.3 is 5.97 Å². The summed E-state index contributed by atoms with van der Waals surface area (Å²) in [6, 6.07) is 0. The van der Waals surface area contributed by atoms with E-state index in [1.54, 1.807) is 13.8 Å². The van der Waals surface area contributed by atoms with Gasteiger partial charge < -0.3 is 4.74 Å². The Morgan fingerprint density at radius 2 is 2.08 bits per heavy atom. The number of hydrogen-bond acceptors (Lipinski definition) is 4. The molecule has 1 unspecified atom stereocenters. The molecule has 0 spiro atoms. The zero-order valence-electron chi connectivity index (χ0n) is 7.62. The van der Waals surface area contributed by atoms with E-state index < -0.39 is 0 Å². The molecule has 0 saturated carbocycles. The fraction of sp³-hybridized carbons (Fsp3) is 0.750. The monoisotopic (exact) mass is 190 g/mol. The van der Waals surface area contributed by atoms with Gasteiger partial charge in [0.2, 0.25) is 0 Å². The Hall–Kier alpha value is -0.510. The molecule has 0 aliphatic carbocycles. The molecule has 0 rings (SSSR count). The van der Waals surface area contributed by atoms with Crippen LogP contribution >= 0.6 is 11.8 Å². The summed E-state index contributed by atoms with van der Waals surface area (Å²) in [6.45, 7) is 5.06. The van der Waals surface area contributed by atoms with Crippen molar-refractivity contribution in [1.29, 1.82) is 0 Å². The van der Waals surface area contributed by atoms with Crippen LogP contribution in [-0.2, 0) is 14.3 Å². The van der Waals surface area contributed by atoms with E-state index >= 15 is 0 Å². The molecule has 0 bridgehead atoms. The van der Waals surface area contributed by atoms with Crippen molar-refractivity contribution in [1.82, 2.24) is 0 Å². The summed E-state index contributed by atoms with van der Waals surface area (Å²) >= 11 is 1.34. The SMILES string of the molecule is CCC(=O)OCSC(C)C(C)=O. The summed E-state index contributed by atoms with van der Waals surface area (Å²) in [6.07, 6.45) is 0.384. The van der Waals surface area contributed by atoms with Crippen LogP contribution < -0.4 is 0 Å². The van der Waals surface area contributed by atoms with E-state index in [9.17, 15) is 9.59 Å². The van der Waals surface area contributed by atoms with Crippen molar-refractivity contribution in [3.8, 4) is 0 Å². The van der Waals surface area contributed by atoms with Crippen LogP contribution in [0.5, 0.6) is 0 Å². The summed E-state index contributed by atoms with van der Waals surface area (Å²) < 4.78 is 4.78. The van der Waals surface area contributed by atoms with E-state index in [1.165, 1.54) is 18.7 Å². The molecule has 0 aliphatic rings. The van der Waals surface area contributed by atoms with Gasteiger partial charge in [-0.1, -0.05) is 6.92 Å². The van der Waals surface area contributed by atoms with Crippen LogP contribution in [-0.4, -0.2) is 22.9 Å². The number of rotatable bonds is 5. The molecule has 4 heteroatoms. The minimum absolute atomic E-state index is 0.0883. The van der Waals surface area contributed by atoms with Gasteiger partial charge in [-0.15, -0.1) is 11.8 Å². The first-order valence-corrected chi connectivity index (χ1v) is 4.90. The van der Waals surface area contributed by atoms with Gasteiger partial charge in [-0.2, -0.15) is 0 Å². The van der Waals surface area contributed by atoms with Crippen LogP contribution in [0.15, 0.2) is 0 Å². The number of thioether (sulfide) groups is 1. The number of carbonyl (C=O) groups excluding carboxylic acids is 2. The number of carbonyl (C=O) groups is 2. The molecule has 1 atom stereocenters. The van der Waals surface area contributed by atoms with Crippen LogP contribution in [0.4, 0.5) is 0 Å². The molecule has 0 aromatic rings. The Morgan fingerprint density at radius 1 is 1.50 bits per heavy atom. The number of Topliss-reactive ketones (excluding diaryl/α,β-unsaturated/α-hetero) is 1. The Morgan fingerprint density at radius 3 is 2.50 bits per heavy atom. The lowest BCUT2D eigenvalue weighted by molar-refractivity contribution is -0.141. The highest BCUT2D eigenvalue weighted by atomic mass is 32.2. The maximum atomic E-state index is 10.7. The van der Waals surface area contributed by atoms with E-state index in [4.69, 9.17) is 4.74 Å². The summed E-state index contributed by atoms with van der Waals surface area (Å²) in [5.41, 5.74) is 0. The zero-order chi connectivity index (χ0) is 9.56. The van der Waals surface area contributed by atoms with Gasteiger partial charge in [0, 0.05) is 6.42 Å². The maximum absolute atomic E-state index is 10.7. The summed E-state index contributed by atoms with van der Waals surface area (Å²) in [4.78, 5) is 21.4. The fourth-order valence-electron chi connectivity index (χ4n) is 0.421. The first-order valence-electron chi connectivity index (χ1n) is 3.85. The fourth-order valence-corrected chi connectivity index (χ4v) is 1.06. The summed E-state index contributed by atoms with van der Waals surface area (Å²) in [5.74, 6) is 0.152. The predicted octanol–water partition coefficient (Wildman–Crippen LogP) is 1.61. The standard InChI is InChI=1S/C8H14O3S/c1-4-8(10)11-5-12-7(3)6(2)9/h7H,4-5H2,1-3H3. The third-order valence-electron chi connectivity index (χ3n) is 1.40. The van der Waals surface area contributed by atoms with E-state index in [2.05, 4.69) is 0 Å². The topological polar surface area (TPSA) is 43.4 Å². The van der Waals surface area contributed by atoms with Crippen molar-refractivity contribution in [3.05, 3.63) is 0 Å². The molecule has 0 fully saturated rings. The van der Waals surface area contributed by atoms with Crippen molar-refractivity contribution >= 4 is 23.5 Å². The van der Waals surface area contributed by atoms with Crippen LogP contribution in [0.2, 0.25) is 0 Å². The second-order valence-electron chi connectivity index (χ2n) is 2.41. The normalized spacial score (nSPS) is 12.2. The van der Waals surface area contributed by atoms with Crippen LogP contribution in [0, 0.1) is 0 Å². The van der Waals surface area contributed by atoms with Crippen LogP contribution in [0.1, 0.15) is 27.2 Å². The summed E-state index contributed by atoms with van der Waals surface area (Å²) in [7, 11) is 0. The largest absolute Gasteiger partial charge is 0.455 e. The van der Waals surface area contributed by atoms with Gasteiger partial charge in [0.25, 0.3) is 0 Å². The molecular weight excluding hydrogens is 176 g/mol. The van der Waals surface area contributed by atoms with E-state index in [-0.39, 0.29) is 22.9 Å². The minimum atomic E-state index is -0.224. The quantitative estimate of drug-likeness (QED) is 0.488. The Balaban J connectivity index is 3.43. The molecule has 0 radical (unpaired) electrons. The predicted molar refractivity (Wildman–Crippen MR) is 49.0 cm³/mol. The molecular formula is C8H14O3S. The van der Waals surface area contributed by atoms with Crippen molar-refractivity contribution in [2.45, 2.75) is 32.4 Å². The van der Waals surface area contributed by atoms with E-state index in [0.717, 1.165) is 0 Å². The van der Waals surface area contributed by atoms with Gasteiger partial charge in [0.15, 0.2) is 0 Å². The minimum Gasteiger partial charge on any atom is -0.455 e. The van der Waals surface area contributed by atoms with Crippen molar-refractivity contribution < 1.29 is 14.3 Å². The molecule has 0 aromatic heterocycles. The lowest BCUT2D eigenvalue weighted by Crippen LogP contribution is -2.11. The lowest BCUT2D eigenvalue weighted by Gasteiger charge is -2.06. The Labute approximate surface area is 76.9 Å². The highest BCUT2D eigenvalue weighted by molar-refractivity contribution is 8.00. The first kappa shape index (κ1) is 11.5. The van der Waals surface area contributed by atoms with E-state index in [1.807, 2.05) is 0 Å². The second kappa shape index (κ2) is 6.06. The molecule has 12 heavy (non-hydrogen) atoms. The molecule has 3 nitrogen and oxygen atoms in total. The molecule has 0 aromatic carbocycles. The third kappa shape index (κ3) is 5.18. The molecule has 0 heterocycles. The number of hydrogen-bond donors (Lipinski definition) is 0. The smallest absolute Gasteiger partial charge is 0.306 e. The highest BCUT2D eigenvalue weighted by Gasteiger charge is 2.08. The first-order chi connectivity index (χ1) is 5.57. The molecule has 0 aliphatic heterocycles. The molecule has 0 amide bonds. The molecule has 0 N–H and O–H groups in total. The van der Waals surface area contributed by atoms with E-state index in [0.29, 0.717) is 6.42 Å². The third-order valence-corrected chi connectivity index (χ3v) is 2.48. The highest BCUT2D eigenvalue weighted by Crippen LogP contribution is 2.11. The lowest BCUT2D eigenvalue weighted by atomic mass is 10.3. The van der Waals surface area contributed by atoms with Crippen LogP contribution in [0.25, 0.3) is 0 Å². The van der Waals surface area contributed by atoms with Gasteiger partial charge in [0.05, 0.1) is 5.25 Å². The molecule has 0 saturated heterocycles.